The molecule has 0 unspecified atom stereocenters. The maximum atomic E-state index is 5.95. The Balaban J connectivity index is 2.33. The lowest BCUT2D eigenvalue weighted by molar-refractivity contribution is 0.0644. The van der Waals surface area contributed by atoms with Gasteiger partial charge in [-0.1, -0.05) is 11.6 Å². The van der Waals surface area contributed by atoms with E-state index in [0.29, 0.717) is 31.5 Å². The van der Waals surface area contributed by atoms with E-state index in [-0.39, 0.29) is 6.04 Å². The van der Waals surface area contributed by atoms with E-state index in [0.717, 1.165) is 17.7 Å². The van der Waals surface area contributed by atoms with Gasteiger partial charge in [-0.05, 0) is 25.1 Å². The van der Waals surface area contributed by atoms with Crippen molar-refractivity contribution in [1.82, 2.24) is 0 Å². The van der Waals surface area contributed by atoms with E-state index in [1.807, 2.05) is 19.1 Å². The highest BCUT2D eigenvalue weighted by Gasteiger charge is 2.08. The Morgan fingerprint density at radius 2 is 2.00 bits per heavy atom. The molecule has 0 saturated heterocycles. The van der Waals surface area contributed by atoms with E-state index in [9.17, 15) is 0 Å². The average molecular weight is 288 g/mol. The van der Waals surface area contributed by atoms with Gasteiger partial charge in [-0.25, -0.2) is 0 Å². The van der Waals surface area contributed by atoms with Gasteiger partial charge in [-0.2, -0.15) is 0 Å². The summed E-state index contributed by atoms with van der Waals surface area (Å²) in [5.74, 6) is 0.788. The van der Waals surface area contributed by atoms with Gasteiger partial charge in [0.1, 0.15) is 5.75 Å². The van der Waals surface area contributed by atoms with Crippen LogP contribution in [0.4, 0.5) is 0 Å². The van der Waals surface area contributed by atoms with Gasteiger partial charge in [0.25, 0.3) is 0 Å². The Kier molecular flexibility index (Phi) is 7.82. The first kappa shape index (κ1) is 16.2. The molecule has 0 amide bonds. The second kappa shape index (κ2) is 9.15. The number of hydrogen-bond donors (Lipinski definition) is 1. The lowest BCUT2D eigenvalue weighted by Gasteiger charge is -2.14. The predicted molar refractivity (Wildman–Crippen MR) is 76.9 cm³/mol. The van der Waals surface area contributed by atoms with Crippen molar-refractivity contribution < 1.29 is 14.2 Å². The van der Waals surface area contributed by atoms with Crippen LogP contribution in [0.2, 0.25) is 5.02 Å². The van der Waals surface area contributed by atoms with Crippen molar-refractivity contribution in [1.29, 1.82) is 0 Å². The largest absolute Gasteiger partial charge is 0.493 e. The minimum absolute atomic E-state index is 0.105. The summed E-state index contributed by atoms with van der Waals surface area (Å²) in [5, 5.41) is 0.669. The fourth-order valence-corrected chi connectivity index (χ4v) is 1.77. The van der Waals surface area contributed by atoms with Crippen LogP contribution in [0.25, 0.3) is 0 Å². The standard InChI is InChI=1S/C14H22ClNO3/c1-11(16)13-10-12(15)4-5-14(13)19-7-3-6-18-9-8-17-2/h4-5,10-11H,3,6-9,16H2,1-2H3/t11-/m1/s1. The maximum Gasteiger partial charge on any atom is 0.124 e. The van der Waals surface area contributed by atoms with Crippen molar-refractivity contribution in [2.75, 3.05) is 33.5 Å². The van der Waals surface area contributed by atoms with Crippen LogP contribution < -0.4 is 10.5 Å². The van der Waals surface area contributed by atoms with E-state index in [1.165, 1.54) is 0 Å². The first-order valence-corrected chi connectivity index (χ1v) is 6.77. The molecule has 0 aliphatic carbocycles. The van der Waals surface area contributed by atoms with Crippen molar-refractivity contribution in [3.63, 3.8) is 0 Å². The minimum Gasteiger partial charge on any atom is -0.493 e. The van der Waals surface area contributed by atoms with Gasteiger partial charge in [0.15, 0.2) is 0 Å². The lowest BCUT2D eigenvalue weighted by Crippen LogP contribution is -2.10. The average Bonchev–Trinajstić information content (AvgIpc) is 2.39. The third-order valence-corrected chi connectivity index (χ3v) is 2.82. The Morgan fingerprint density at radius 3 is 2.68 bits per heavy atom. The first-order chi connectivity index (χ1) is 9.15. The van der Waals surface area contributed by atoms with Gasteiger partial charge < -0.3 is 19.9 Å². The second-order valence-corrected chi connectivity index (χ2v) is 4.71. The van der Waals surface area contributed by atoms with Gasteiger partial charge in [0.05, 0.1) is 19.8 Å². The van der Waals surface area contributed by atoms with Gasteiger partial charge in [0.2, 0.25) is 0 Å². The number of nitrogens with two attached hydrogens (primary N) is 1. The maximum absolute atomic E-state index is 5.95. The molecule has 0 aliphatic rings. The molecule has 4 nitrogen and oxygen atoms in total. The smallest absolute Gasteiger partial charge is 0.124 e. The molecule has 1 aromatic carbocycles. The molecule has 0 heterocycles. The quantitative estimate of drug-likeness (QED) is 0.710. The Morgan fingerprint density at radius 1 is 1.21 bits per heavy atom. The first-order valence-electron chi connectivity index (χ1n) is 6.39. The van der Waals surface area contributed by atoms with E-state index in [2.05, 4.69) is 0 Å². The molecular formula is C14H22ClNO3. The molecular weight excluding hydrogens is 266 g/mol. The Labute approximate surface area is 119 Å². The van der Waals surface area contributed by atoms with Gasteiger partial charge in [-0.3, -0.25) is 0 Å². The zero-order valence-electron chi connectivity index (χ0n) is 11.5. The molecule has 0 aromatic heterocycles. The van der Waals surface area contributed by atoms with Crippen LogP contribution in [0.1, 0.15) is 24.9 Å². The molecule has 19 heavy (non-hydrogen) atoms. The van der Waals surface area contributed by atoms with Crippen molar-refractivity contribution >= 4 is 11.6 Å². The van der Waals surface area contributed by atoms with Gasteiger partial charge >= 0.3 is 0 Å². The van der Waals surface area contributed by atoms with Crippen LogP contribution in [0.5, 0.6) is 5.75 Å². The zero-order valence-corrected chi connectivity index (χ0v) is 12.3. The second-order valence-electron chi connectivity index (χ2n) is 4.28. The molecule has 1 rings (SSSR count). The molecule has 0 aliphatic heterocycles. The van der Waals surface area contributed by atoms with E-state index < -0.39 is 0 Å². The summed E-state index contributed by atoms with van der Waals surface area (Å²) in [7, 11) is 1.66. The van der Waals surface area contributed by atoms with E-state index in [1.54, 1.807) is 13.2 Å². The summed E-state index contributed by atoms with van der Waals surface area (Å²) in [5.41, 5.74) is 6.82. The number of benzene rings is 1. The van der Waals surface area contributed by atoms with Crippen LogP contribution >= 0.6 is 11.6 Å². The van der Waals surface area contributed by atoms with Crippen molar-refractivity contribution in [2.45, 2.75) is 19.4 Å². The molecule has 1 aromatic rings. The summed E-state index contributed by atoms with van der Waals surface area (Å²) in [6, 6.07) is 5.40. The molecule has 0 spiro atoms. The third-order valence-electron chi connectivity index (χ3n) is 2.58. The summed E-state index contributed by atoms with van der Waals surface area (Å²) in [6.45, 7) is 4.39. The number of hydrogen-bond acceptors (Lipinski definition) is 4. The van der Waals surface area contributed by atoms with Crippen LogP contribution in [0.3, 0.4) is 0 Å². The predicted octanol–water partition coefficient (Wildman–Crippen LogP) is 2.79. The zero-order chi connectivity index (χ0) is 14.1. The number of ether oxygens (including phenoxy) is 3. The topological polar surface area (TPSA) is 53.7 Å². The van der Waals surface area contributed by atoms with E-state index >= 15 is 0 Å². The molecule has 5 heteroatoms. The highest BCUT2D eigenvalue weighted by molar-refractivity contribution is 6.30. The summed E-state index contributed by atoms with van der Waals surface area (Å²) in [4.78, 5) is 0. The molecule has 0 bridgehead atoms. The summed E-state index contributed by atoms with van der Waals surface area (Å²) < 4.78 is 16.0. The summed E-state index contributed by atoms with van der Waals surface area (Å²) >= 11 is 5.95. The lowest BCUT2D eigenvalue weighted by atomic mass is 10.1. The Hall–Kier alpha value is -0.810. The number of methoxy groups -OCH3 is 1. The third kappa shape index (κ3) is 6.25. The number of rotatable bonds is 9. The monoisotopic (exact) mass is 287 g/mol. The van der Waals surface area contributed by atoms with Crippen LogP contribution in [-0.2, 0) is 9.47 Å². The van der Waals surface area contributed by atoms with E-state index in [4.69, 9.17) is 31.5 Å². The molecule has 0 saturated carbocycles. The van der Waals surface area contributed by atoms with Crippen molar-refractivity contribution in [2.24, 2.45) is 5.73 Å². The normalized spacial score (nSPS) is 12.4. The van der Waals surface area contributed by atoms with Crippen LogP contribution in [0.15, 0.2) is 18.2 Å². The minimum atomic E-state index is -0.105. The SMILES string of the molecule is COCCOCCCOc1ccc(Cl)cc1[C@@H](C)N. The van der Waals surface area contributed by atoms with Gasteiger partial charge in [-0.15, -0.1) is 0 Å². The highest BCUT2D eigenvalue weighted by atomic mass is 35.5. The van der Waals surface area contributed by atoms with Crippen molar-refractivity contribution in [3.05, 3.63) is 28.8 Å². The molecule has 1 atom stereocenters. The molecule has 0 radical (unpaired) electrons. The summed E-state index contributed by atoms with van der Waals surface area (Å²) in [6.07, 6.45) is 0.824. The van der Waals surface area contributed by atoms with Gasteiger partial charge in [0, 0.05) is 36.8 Å². The fourth-order valence-electron chi connectivity index (χ4n) is 1.59. The molecule has 108 valence electrons. The van der Waals surface area contributed by atoms with Crippen molar-refractivity contribution in [3.8, 4) is 5.75 Å². The highest BCUT2D eigenvalue weighted by Crippen LogP contribution is 2.27. The fraction of sp³-hybridized carbons (Fsp3) is 0.571. The van der Waals surface area contributed by atoms with Crippen LogP contribution in [0, 0.1) is 0 Å². The molecule has 0 fully saturated rings. The van der Waals surface area contributed by atoms with Crippen LogP contribution in [-0.4, -0.2) is 33.5 Å². The Bertz CT molecular complexity index is 372. The number of halogens is 1. The molecule has 2 N–H and O–H groups in total.